The first-order valence-electron chi connectivity index (χ1n) is 13.6. The Hall–Kier alpha value is -3.53. The summed E-state index contributed by atoms with van der Waals surface area (Å²) in [7, 11) is 1.40. The minimum absolute atomic E-state index is 0.0135. The fourth-order valence-corrected chi connectivity index (χ4v) is 5.70. The number of nitrogens with zero attached hydrogens (tertiary/aromatic N) is 4. The molecule has 0 bridgehead atoms. The monoisotopic (exact) mass is 611 g/mol. The minimum Gasteiger partial charge on any atom is -0.449 e. The number of halogens is 3. The van der Waals surface area contributed by atoms with Crippen LogP contribution in [-0.2, 0) is 26.0 Å². The van der Waals surface area contributed by atoms with Crippen LogP contribution in [0, 0.1) is 22.9 Å². The summed E-state index contributed by atoms with van der Waals surface area (Å²) in [6, 6.07) is 2.31. The van der Waals surface area contributed by atoms with Crippen LogP contribution >= 0.6 is 0 Å². The maximum absolute atomic E-state index is 13.8. The number of rotatable bonds is 10. The number of primary amides is 1. The van der Waals surface area contributed by atoms with Crippen LogP contribution in [0.2, 0.25) is 0 Å². The molecule has 6 atom stereocenters. The third-order valence-electron chi connectivity index (χ3n) is 7.36. The Bertz CT molecular complexity index is 1400. The molecule has 2 aromatic heterocycles. The van der Waals surface area contributed by atoms with E-state index in [9.17, 15) is 28.2 Å². The fraction of sp³-hybridized carbons (Fsp3) is 0.571. The third-order valence-corrected chi connectivity index (χ3v) is 7.36. The summed E-state index contributed by atoms with van der Waals surface area (Å²) in [5, 5.41) is 33.3. The number of methoxy groups -OCH3 is 1. The number of aliphatic hydroxyl groups is 2. The van der Waals surface area contributed by atoms with Gasteiger partial charge in [0.25, 0.3) is 0 Å². The van der Waals surface area contributed by atoms with E-state index in [0.29, 0.717) is 17.9 Å². The van der Waals surface area contributed by atoms with Crippen molar-refractivity contribution in [2.75, 3.05) is 20.3 Å². The zero-order valence-electron chi connectivity index (χ0n) is 24.5. The van der Waals surface area contributed by atoms with Gasteiger partial charge in [-0.1, -0.05) is 38.1 Å². The Morgan fingerprint density at radius 2 is 1.81 bits per heavy atom. The Balaban J connectivity index is 1.62. The van der Waals surface area contributed by atoms with Crippen molar-refractivity contribution in [2.24, 2.45) is 11.1 Å². The molecule has 0 saturated carbocycles. The number of aromatic nitrogens is 4. The molecule has 1 aromatic carbocycles. The summed E-state index contributed by atoms with van der Waals surface area (Å²) in [6.07, 6.45) is -2.96. The lowest BCUT2D eigenvalue weighted by molar-refractivity contribution is -0.212. The second-order valence-corrected chi connectivity index (χ2v) is 12.2. The highest BCUT2D eigenvalue weighted by atomic mass is 19.2. The first-order chi connectivity index (χ1) is 20.2. The van der Waals surface area contributed by atoms with Crippen LogP contribution in [0.3, 0.4) is 0 Å². The molecule has 12 nitrogen and oxygen atoms in total. The standard InChI is InChI=1S/C28H36F3N5O7/c1-27(2,3)12-28(4,13-41-26(32)39)21-9-15(43-34-21)8-19-25(40-5)23(24(38)20(11-37)42-19)36-10-18(33-35-36)14-6-16(29)22(31)17(30)7-14/h6-7,9-10,19-20,23-25,37-38H,8,11-13H2,1-5H3,(H2,32,39)/t19-,20-,23+,24+,25+,28?/m1/s1. The summed E-state index contributed by atoms with van der Waals surface area (Å²) in [6.45, 7) is 7.42. The van der Waals surface area contributed by atoms with Gasteiger partial charge in [-0.05, 0) is 24.0 Å². The molecule has 1 aliphatic rings. The van der Waals surface area contributed by atoms with Gasteiger partial charge in [0.1, 0.15) is 42.4 Å². The number of carbonyl (C=O) groups excluding carboxylic acids is 1. The van der Waals surface area contributed by atoms with Gasteiger partial charge < -0.3 is 34.7 Å². The molecule has 1 saturated heterocycles. The molecule has 236 valence electrons. The highest BCUT2D eigenvalue weighted by molar-refractivity contribution is 5.64. The van der Waals surface area contributed by atoms with E-state index in [1.54, 1.807) is 6.07 Å². The number of aliphatic hydroxyl groups excluding tert-OH is 2. The quantitative estimate of drug-likeness (QED) is 0.290. The van der Waals surface area contributed by atoms with Crippen molar-refractivity contribution in [1.82, 2.24) is 20.2 Å². The zero-order valence-corrected chi connectivity index (χ0v) is 24.5. The molecular formula is C28H36F3N5O7. The average molecular weight is 612 g/mol. The van der Waals surface area contributed by atoms with Crippen molar-refractivity contribution >= 4 is 6.09 Å². The summed E-state index contributed by atoms with van der Waals surface area (Å²) in [5.41, 5.74) is 4.79. The van der Waals surface area contributed by atoms with E-state index >= 15 is 0 Å². The van der Waals surface area contributed by atoms with Crippen molar-refractivity contribution in [3.8, 4) is 11.3 Å². The molecule has 0 radical (unpaired) electrons. The molecule has 1 unspecified atom stereocenters. The van der Waals surface area contributed by atoms with Crippen LogP contribution < -0.4 is 5.73 Å². The molecule has 15 heteroatoms. The highest BCUT2D eigenvalue weighted by Crippen LogP contribution is 2.38. The number of ether oxygens (including phenoxy) is 3. The Morgan fingerprint density at radius 1 is 1.14 bits per heavy atom. The van der Waals surface area contributed by atoms with Crippen LogP contribution in [0.25, 0.3) is 11.3 Å². The maximum Gasteiger partial charge on any atom is 0.404 e. The first kappa shape index (κ1) is 32.4. The third kappa shape index (κ3) is 7.17. The van der Waals surface area contributed by atoms with E-state index in [2.05, 4.69) is 15.5 Å². The Morgan fingerprint density at radius 3 is 2.40 bits per heavy atom. The summed E-state index contributed by atoms with van der Waals surface area (Å²) in [4.78, 5) is 11.4. The lowest BCUT2D eigenvalue weighted by Gasteiger charge is -2.43. The van der Waals surface area contributed by atoms with E-state index < -0.39 is 66.0 Å². The molecule has 1 fully saturated rings. The summed E-state index contributed by atoms with van der Waals surface area (Å²) >= 11 is 0. The summed E-state index contributed by atoms with van der Waals surface area (Å²) in [5.74, 6) is -4.00. The van der Waals surface area contributed by atoms with Crippen LogP contribution in [0.5, 0.6) is 0 Å². The van der Waals surface area contributed by atoms with Crippen LogP contribution in [0.15, 0.2) is 28.9 Å². The summed E-state index contributed by atoms with van der Waals surface area (Å²) < 4.78 is 64.9. The van der Waals surface area contributed by atoms with E-state index in [0.717, 1.165) is 12.1 Å². The van der Waals surface area contributed by atoms with Gasteiger partial charge in [0, 0.05) is 30.6 Å². The van der Waals surface area contributed by atoms with E-state index in [1.165, 1.54) is 18.0 Å². The first-order valence-corrected chi connectivity index (χ1v) is 13.6. The highest BCUT2D eigenvalue weighted by Gasteiger charge is 2.47. The molecular weight excluding hydrogens is 575 g/mol. The van der Waals surface area contributed by atoms with Crippen LogP contribution in [0.1, 0.15) is 51.6 Å². The number of benzene rings is 1. The number of carbonyl (C=O) groups is 1. The smallest absolute Gasteiger partial charge is 0.404 e. The van der Waals surface area contributed by atoms with Gasteiger partial charge >= 0.3 is 6.09 Å². The van der Waals surface area contributed by atoms with Gasteiger partial charge in [-0.3, -0.25) is 0 Å². The number of nitrogens with two attached hydrogens (primary N) is 1. The topological polar surface area (TPSA) is 168 Å². The molecule has 4 rings (SSSR count). The second-order valence-electron chi connectivity index (χ2n) is 12.2. The van der Waals surface area contributed by atoms with Crippen molar-refractivity contribution in [1.29, 1.82) is 0 Å². The SMILES string of the molecule is CO[C@@H]1[C@@H](n2cc(-c3cc(F)c(F)c(F)c3)nn2)[C@@H](O)[C@@H](CO)O[C@@H]1Cc1cc(C(C)(COC(N)=O)CC(C)(C)C)no1. The van der Waals surface area contributed by atoms with Crippen molar-refractivity contribution < 1.29 is 46.9 Å². The van der Waals surface area contributed by atoms with E-state index in [4.69, 9.17) is 24.5 Å². The molecule has 0 aliphatic carbocycles. The lowest BCUT2D eigenvalue weighted by atomic mass is 9.73. The van der Waals surface area contributed by atoms with Gasteiger partial charge in [0.2, 0.25) is 0 Å². The maximum atomic E-state index is 13.8. The van der Waals surface area contributed by atoms with Crippen LogP contribution in [0.4, 0.5) is 18.0 Å². The van der Waals surface area contributed by atoms with Gasteiger partial charge in [0.05, 0.1) is 24.6 Å². The predicted octanol–water partition coefficient (Wildman–Crippen LogP) is 3.06. The van der Waals surface area contributed by atoms with Crippen molar-refractivity contribution in [3.05, 3.63) is 53.3 Å². The number of hydrogen-bond acceptors (Lipinski definition) is 10. The van der Waals surface area contributed by atoms with Gasteiger partial charge in [-0.2, -0.15) is 0 Å². The molecule has 43 heavy (non-hydrogen) atoms. The lowest BCUT2D eigenvalue weighted by Crippen LogP contribution is -2.57. The molecule has 1 aliphatic heterocycles. The molecule has 3 heterocycles. The molecule has 0 spiro atoms. The van der Waals surface area contributed by atoms with Crippen molar-refractivity contribution in [3.63, 3.8) is 0 Å². The Kier molecular flexibility index (Phi) is 9.49. The number of amides is 1. The van der Waals surface area contributed by atoms with E-state index in [1.807, 2.05) is 27.7 Å². The van der Waals surface area contributed by atoms with Gasteiger partial charge in [-0.15, -0.1) is 5.10 Å². The van der Waals surface area contributed by atoms with Gasteiger partial charge in [-0.25, -0.2) is 22.6 Å². The largest absolute Gasteiger partial charge is 0.449 e. The number of hydrogen-bond donors (Lipinski definition) is 3. The zero-order chi connectivity index (χ0) is 31.7. The molecule has 1 amide bonds. The van der Waals surface area contributed by atoms with Crippen molar-refractivity contribution in [2.45, 2.75) is 76.4 Å². The predicted molar refractivity (Wildman–Crippen MR) is 144 cm³/mol. The fourth-order valence-electron chi connectivity index (χ4n) is 5.70. The molecule has 4 N–H and O–H groups in total. The average Bonchev–Trinajstić information content (AvgIpc) is 3.60. The minimum atomic E-state index is -1.61. The van der Waals surface area contributed by atoms with E-state index in [-0.39, 0.29) is 29.7 Å². The second kappa shape index (κ2) is 12.6. The van der Waals surface area contributed by atoms with Gasteiger partial charge in [0.15, 0.2) is 17.5 Å². The molecule has 3 aromatic rings. The normalized spacial score (nSPS) is 24.1. The Labute approximate surface area is 245 Å². The van der Waals surface area contributed by atoms with Crippen LogP contribution in [-0.4, -0.2) is 81.2 Å².